The summed E-state index contributed by atoms with van der Waals surface area (Å²) in [6, 6.07) is 14.1. The molecule has 1 saturated carbocycles. The number of aryl methyl sites for hydroxylation is 2. The van der Waals surface area contributed by atoms with Gasteiger partial charge in [0.25, 0.3) is 11.5 Å². The molecule has 160 valence electrons. The molecule has 0 bridgehead atoms. The molecule has 5 heteroatoms. The van der Waals surface area contributed by atoms with Crippen LogP contribution in [0.3, 0.4) is 0 Å². The summed E-state index contributed by atoms with van der Waals surface area (Å²) in [5.41, 5.74) is 3.65. The van der Waals surface area contributed by atoms with Gasteiger partial charge in [0, 0.05) is 31.1 Å². The predicted octanol–water partition coefficient (Wildman–Crippen LogP) is 4.63. The lowest BCUT2D eigenvalue weighted by atomic mass is 10.1. The molecular formula is C26H29N3O2. The van der Waals surface area contributed by atoms with Crippen LogP contribution in [0.1, 0.15) is 65.8 Å². The maximum Gasteiger partial charge on any atom is 0.261 e. The summed E-state index contributed by atoms with van der Waals surface area (Å²) in [5.74, 6) is 0.888. The Labute approximate surface area is 182 Å². The largest absolute Gasteiger partial charge is 0.331 e. The average molecular weight is 416 g/mol. The molecule has 1 aromatic heterocycles. The third-order valence-corrected chi connectivity index (χ3v) is 6.54. The Morgan fingerprint density at radius 3 is 2.61 bits per heavy atom. The number of aromatic nitrogens is 2. The number of amides is 1. The van der Waals surface area contributed by atoms with E-state index in [4.69, 9.17) is 4.98 Å². The fourth-order valence-corrected chi connectivity index (χ4v) is 4.54. The van der Waals surface area contributed by atoms with Gasteiger partial charge < -0.3 is 4.90 Å². The second kappa shape index (κ2) is 8.29. The molecule has 0 saturated heterocycles. The van der Waals surface area contributed by atoms with Gasteiger partial charge in [0.05, 0.1) is 10.9 Å². The summed E-state index contributed by atoms with van der Waals surface area (Å²) in [6.07, 6.45) is 7.35. The van der Waals surface area contributed by atoms with E-state index in [9.17, 15) is 9.59 Å². The van der Waals surface area contributed by atoms with E-state index in [2.05, 4.69) is 31.2 Å². The zero-order chi connectivity index (χ0) is 21.4. The molecule has 1 fully saturated rings. The standard InChI is InChI=1S/C26H29N3O2/c1-18-7-9-19(10-8-18)17-29(21-12-13-21)25(30)20-11-14-22-23(16-20)27-24-6-4-2-3-5-15-28(24)26(22)31/h7-11,14,16,21H,2-6,12-13,15,17H2,1H3. The zero-order valence-electron chi connectivity index (χ0n) is 18.1. The number of hydrogen-bond donors (Lipinski definition) is 0. The molecule has 31 heavy (non-hydrogen) atoms. The molecule has 5 rings (SSSR count). The van der Waals surface area contributed by atoms with Crippen LogP contribution in [0.15, 0.2) is 47.3 Å². The monoisotopic (exact) mass is 415 g/mol. The Kier molecular flexibility index (Phi) is 5.34. The van der Waals surface area contributed by atoms with E-state index in [-0.39, 0.29) is 11.5 Å². The third kappa shape index (κ3) is 4.14. The summed E-state index contributed by atoms with van der Waals surface area (Å²) in [4.78, 5) is 33.3. The Morgan fingerprint density at radius 2 is 1.84 bits per heavy atom. The molecule has 1 aliphatic carbocycles. The average Bonchev–Trinajstić information content (AvgIpc) is 3.59. The Hall–Kier alpha value is -2.95. The number of fused-ring (bicyclic) bond motifs is 2. The number of rotatable bonds is 4. The van der Waals surface area contributed by atoms with Gasteiger partial charge in [-0.05, 0) is 56.4 Å². The lowest BCUT2D eigenvalue weighted by Gasteiger charge is -2.23. The summed E-state index contributed by atoms with van der Waals surface area (Å²) < 4.78 is 1.84. The highest BCUT2D eigenvalue weighted by molar-refractivity contribution is 5.98. The number of hydrogen-bond acceptors (Lipinski definition) is 3. The molecule has 2 aromatic carbocycles. The number of nitrogens with zero attached hydrogens (tertiary/aromatic N) is 3. The molecular weight excluding hydrogens is 386 g/mol. The van der Waals surface area contributed by atoms with E-state index < -0.39 is 0 Å². The third-order valence-electron chi connectivity index (χ3n) is 6.54. The highest BCUT2D eigenvalue weighted by Crippen LogP contribution is 2.30. The van der Waals surface area contributed by atoms with Crippen molar-refractivity contribution in [3.63, 3.8) is 0 Å². The molecule has 2 aliphatic rings. The Balaban J connectivity index is 1.48. The molecule has 3 aromatic rings. The van der Waals surface area contributed by atoms with Gasteiger partial charge in [-0.15, -0.1) is 0 Å². The van der Waals surface area contributed by atoms with E-state index in [1.807, 2.05) is 15.5 Å². The van der Waals surface area contributed by atoms with Crippen LogP contribution in [0.25, 0.3) is 10.9 Å². The van der Waals surface area contributed by atoms with Crippen molar-refractivity contribution in [3.05, 3.63) is 75.3 Å². The van der Waals surface area contributed by atoms with Crippen LogP contribution in [0, 0.1) is 6.92 Å². The van der Waals surface area contributed by atoms with Gasteiger partial charge in [-0.25, -0.2) is 4.98 Å². The Morgan fingerprint density at radius 1 is 1.06 bits per heavy atom. The van der Waals surface area contributed by atoms with Crippen molar-refractivity contribution in [2.45, 2.75) is 71.0 Å². The maximum absolute atomic E-state index is 13.4. The minimum atomic E-state index is 0.0265. The van der Waals surface area contributed by atoms with Crippen molar-refractivity contribution in [1.82, 2.24) is 14.5 Å². The van der Waals surface area contributed by atoms with Crippen LogP contribution in [0.4, 0.5) is 0 Å². The second-order valence-corrected chi connectivity index (χ2v) is 9.03. The molecule has 2 heterocycles. The summed E-state index contributed by atoms with van der Waals surface area (Å²) in [5, 5.41) is 0.609. The first-order valence-electron chi connectivity index (χ1n) is 11.5. The fourth-order valence-electron chi connectivity index (χ4n) is 4.54. The highest BCUT2D eigenvalue weighted by atomic mass is 16.2. The van der Waals surface area contributed by atoms with Crippen LogP contribution >= 0.6 is 0 Å². The smallest absolute Gasteiger partial charge is 0.261 e. The number of benzene rings is 2. The van der Waals surface area contributed by atoms with Crippen LogP contribution in [-0.4, -0.2) is 26.4 Å². The SMILES string of the molecule is Cc1ccc(CN(C(=O)c2ccc3c(=O)n4c(nc3c2)CCCCCC4)C2CC2)cc1. The molecule has 0 spiro atoms. The van der Waals surface area contributed by atoms with Crippen LogP contribution in [0.2, 0.25) is 0 Å². The lowest BCUT2D eigenvalue weighted by Crippen LogP contribution is -2.32. The van der Waals surface area contributed by atoms with E-state index in [0.717, 1.165) is 56.5 Å². The highest BCUT2D eigenvalue weighted by Gasteiger charge is 2.33. The summed E-state index contributed by atoms with van der Waals surface area (Å²) in [7, 11) is 0. The zero-order valence-corrected chi connectivity index (χ0v) is 18.1. The van der Waals surface area contributed by atoms with Crippen LogP contribution < -0.4 is 5.56 Å². The quantitative estimate of drug-likeness (QED) is 0.624. The first-order valence-corrected chi connectivity index (χ1v) is 11.5. The van der Waals surface area contributed by atoms with Crippen molar-refractivity contribution < 1.29 is 4.79 Å². The van der Waals surface area contributed by atoms with E-state index >= 15 is 0 Å². The van der Waals surface area contributed by atoms with E-state index in [1.165, 1.54) is 12.0 Å². The second-order valence-electron chi connectivity index (χ2n) is 9.03. The molecule has 0 radical (unpaired) electrons. The van der Waals surface area contributed by atoms with Crippen molar-refractivity contribution >= 4 is 16.8 Å². The van der Waals surface area contributed by atoms with Gasteiger partial charge in [0.2, 0.25) is 0 Å². The van der Waals surface area contributed by atoms with Gasteiger partial charge in [-0.1, -0.05) is 42.7 Å². The summed E-state index contributed by atoms with van der Waals surface area (Å²) >= 11 is 0. The predicted molar refractivity (Wildman–Crippen MR) is 122 cm³/mol. The van der Waals surface area contributed by atoms with Crippen molar-refractivity contribution in [2.24, 2.45) is 0 Å². The topological polar surface area (TPSA) is 55.2 Å². The van der Waals surface area contributed by atoms with E-state index in [0.29, 0.717) is 29.1 Å². The first-order chi connectivity index (χ1) is 15.1. The number of carbonyl (C=O) groups is 1. The molecule has 0 N–H and O–H groups in total. The van der Waals surface area contributed by atoms with Crippen molar-refractivity contribution in [2.75, 3.05) is 0 Å². The lowest BCUT2D eigenvalue weighted by molar-refractivity contribution is 0.0730. The molecule has 0 unspecified atom stereocenters. The first kappa shape index (κ1) is 20.0. The van der Waals surface area contributed by atoms with Crippen molar-refractivity contribution in [3.8, 4) is 0 Å². The Bertz CT molecular complexity index is 1180. The molecule has 0 atom stereocenters. The maximum atomic E-state index is 13.4. The van der Waals surface area contributed by atoms with Gasteiger partial charge in [0.15, 0.2) is 0 Å². The minimum absolute atomic E-state index is 0.0265. The van der Waals surface area contributed by atoms with Gasteiger partial charge in [-0.2, -0.15) is 0 Å². The normalized spacial score (nSPS) is 16.4. The minimum Gasteiger partial charge on any atom is -0.331 e. The van der Waals surface area contributed by atoms with Gasteiger partial charge in [-0.3, -0.25) is 14.2 Å². The van der Waals surface area contributed by atoms with E-state index in [1.54, 1.807) is 12.1 Å². The summed E-state index contributed by atoms with van der Waals surface area (Å²) in [6.45, 7) is 3.42. The van der Waals surface area contributed by atoms with Crippen LogP contribution in [0.5, 0.6) is 0 Å². The number of carbonyl (C=O) groups excluding carboxylic acids is 1. The van der Waals surface area contributed by atoms with Crippen LogP contribution in [-0.2, 0) is 19.5 Å². The molecule has 5 nitrogen and oxygen atoms in total. The molecule has 1 aliphatic heterocycles. The van der Waals surface area contributed by atoms with Gasteiger partial charge in [0.1, 0.15) is 5.82 Å². The van der Waals surface area contributed by atoms with Crippen molar-refractivity contribution in [1.29, 1.82) is 0 Å². The van der Waals surface area contributed by atoms with Gasteiger partial charge >= 0.3 is 0 Å². The fraction of sp³-hybridized carbons (Fsp3) is 0.423. The molecule has 1 amide bonds.